The van der Waals surface area contributed by atoms with Crippen LogP contribution in [0.25, 0.3) is 0 Å². The van der Waals surface area contributed by atoms with Gasteiger partial charge in [-0.3, -0.25) is 14.8 Å². The molecule has 2 amide bonds. The van der Waals surface area contributed by atoms with Crippen LogP contribution >= 0.6 is 0 Å². The number of carboxylic acid groups (broad SMARTS) is 1. The minimum atomic E-state index is -0.957. The minimum Gasteiger partial charge on any atom is -0.481 e. The molecule has 0 saturated heterocycles. The van der Waals surface area contributed by atoms with Crippen LogP contribution < -0.4 is 10.6 Å². The van der Waals surface area contributed by atoms with Gasteiger partial charge in [-0.1, -0.05) is 6.92 Å². The zero-order valence-corrected chi connectivity index (χ0v) is 11.9. The van der Waals surface area contributed by atoms with Gasteiger partial charge in [-0.05, 0) is 20.3 Å². The van der Waals surface area contributed by atoms with Crippen molar-refractivity contribution in [3.05, 3.63) is 23.8 Å². The molecule has 0 aromatic carbocycles. The minimum absolute atomic E-state index is 0.0737. The van der Waals surface area contributed by atoms with Gasteiger partial charge >= 0.3 is 12.0 Å². The third-order valence-corrected chi connectivity index (χ3v) is 3.20. The molecule has 1 rings (SSSR count). The Bertz CT molecular complexity index is 475. The fraction of sp³-hybridized carbons (Fsp3) is 0.538. The maximum atomic E-state index is 11.6. The Morgan fingerprint density at radius 2 is 2.00 bits per heavy atom. The predicted molar refractivity (Wildman–Crippen MR) is 73.0 cm³/mol. The first-order valence-electron chi connectivity index (χ1n) is 6.40. The quantitative estimate of drug-likeness (QED) is 0.723. The number of hydrogen-bond acceptors (Lipinski definition) is 4. The van der Waals surface area contributed by atoms with E-state index in [0.717, 1.165) is 5.69 Å². The molecule has 0 aliphatic heterocycles. The van der Waals surface area contributed by atoms with E-state index < -0.39 is 17.4 Å². The molecule has 0 radical (unpaired) electrons. The second-order valence-electron chi connectivity index (χ2n) is 4.90. The second kappa shape index (κ2) is 6.83. The van der Waals surface area contributed by atoms with E-state index in [1.165, 1.54) is 0 Å². The molecule has 0 spiro atoms. The highest BCUT2D eigenvalue weighted by Crippen LogP contribution is 2.19. The summed E-state index contributed by atoms with van der Waals surface area (Å²) >= 11 is 0. The molecule has 1 unspecified atom stereocenters. The Morgan fingerprint density at radius 1 is 1.30 bits per heavy atom. The van der Waals surface area contributed by atoms with Crippen LogP contribution in [-0.2, 0) is 11.3 Å². The molecule has 3 N–H and O–H groups in total. The number of urea groups is 1. The van der Waals surface area contributed by atoms with E-state index in [1.54, 1.807) is 26.2 Å². The van der Waals surface area contributed by atoms with E-state index in [9.17, 15) is 9.59 Å². The standard InChI is InChI=1S/C13H20N4O3/c1-4-13(3,11(18)19)8-17-12(20)16-7-10-6-14-9(2)5-15-10/h5-6H,4,7-8H2,1-3H3,(H,18,19)(H2,16,17,20). The van der Waals surface area contributed by atoms with E-state index in [-0.39, 0.29) is 13.1 Å². The number of aromatic nitrogens is 2. The SMILES string of the molecule is CCC(C)(CNC(=O)NCc1cnc(C)cn1)C(=O)O. The van der Waals surface area contributed by atoms with Crippen molar-refractivity contribution in [3.63, 3.8) is 0 Å². The van der Waals surface area contributed by atoms with Crippen molar-refractivity contribution in [2.45, 2.75) is 33.7 Å². The lowest BCUT2D eigenvalue weighted by Gasteiger charge is -2.23. The van der Waals surface area contributed by atoms with Crippen LogP contribution in [0.4, 0.5) is 4.79 Å². The largest absolute Gasteiger partial charge is 0.481 e. The number of nitrogens with zero attached hydrogens (tertiary/aromatic N) is 2. The normalized spacial score (nSPS) is 13.3. The van der Waals surface area contributed by atoms with Gasteiger partial charge in [0.05, 0.1) is 29.5 Å². The van der Waals surface area contributed by atoms with Crippen molar-refractivity contribution < 1.29 is 14.7 Å². The fourth-order valence-electron chi connectivity index (χ4n) is 1.37. The van der Waals surface area contributed by atoms with E-state index in [0.29, 0.717) is 12.1 Å². The van der Waals surface area contributed by atoms with Gasteiger partial charge in [0.15, 0.2) is 0 Å². The lowest BCUT2D eigenvalue weighted by atomic mass is 9.88. The molecule has 7 nitrogen and oxygen atoms in total. The van der Waals surface area contributed by atoms with Crippen molar-refractivity contribution in [2.75, 3.05) is 6.54 Å². The van der Waals surface area contributed by atoms with Crippen molar-refractivity contribution in [3.8, 4) is 0 Å². The first-order chi connectivity index (χ1) is 9.37. The number of rotatable bonds is 6. The number of carbonyl (C=O) groups excluding carboxylic acids is 1. The van der Waals surface area contributed by atoms with Crippen LogP contribution in [0.5, 0.6) is 0 Å². The van der Waals surface area contributed by atoms with Crippen LogP contribution in [0.1, 0.15) is 31.7 Å². The highest BCUT2D eigenvalue weighted by Gasteiger charge is 2.31. The van der Waals surface area contributed by atoms with Crippen LogP contribution in [0.3, 0.4) is 0 Å². The monoisotopic (exact) mass is 280 g/mol. The zero-order valence-electron chi connectivity index (χ0n) is 11.9. The smallest absolute Gasteiger partial charge is 0.315 e. The van der Waals surface area contributed by atoms with Crippen LogP contribution in [-0.4, -0.2) is 33.6 Å². The Kier molecular flexibility index (Phi) is 5.42. The average Bonchev–Trinajstić information content (AvgIpc) is 2.43. The highest BCUT2D eigenvalue weighted by molar-refractivity contribution is 5.77. The molecular formula is C13H20N4O3. The van der Waals surface area contributed by atoms with Crippen LogP contribution in [0.2, 0.25) is 0 Å². The summed E-state index contributed by atoms with van der Waals surface area (Å²) in [6.07, 6.45) is 3.64. The molecular weight excluding hydrogens is 260 g/mol. The van der Waals surface area contributed by atoms with Gasteiger partial charge in [0.2, 0.25) is 0 Å². The number of hydrogen-bond donors (Lipinski definition) is 3. The van der Waals surface area contributed by atoms with Gasteiger partial charge in [-0.2, -0.15) is 0 Å². The number of aliphatic carboxylic acids is 1. The average molecular weight is 280 g/mol. The van der Waals surface area contributed by atoms with E-state index in [1.807, 2.05) is 6.92 Å². The number of nitrogens with one attached hydrogen (secondary N) is 2. The Morgan fingerprint density at radius 3 is 2.50 bits per heavy atom. The van der Waals surface area contributed by atoms with Gasteiger partial charge in [0.1, 0.15) is 0 Å². The summed E-state index contributed by atoms with van der Waals surface area (Å²) in [6.45, 7) is 5.52. The van der Waals surface area contributed by atoms with Crippen molar-refractivity contribution >= 4 is 12.0 Å². The molecule has 20 heavy (non-hydrogen) atoms. The summed E-state index contributed by atoms with van der Waals surface area (Å²) in [5.74, 6) is -0.926. The molecule has 0 aliphatic rings. The van der Waals surface area contributed by atoms with E-state index in [4.69, 9.17) is 5.11 Å². The first-order valence-corrected chi connectivity index (χ1v) is 6.40. The maximum Gasteiger partial charge on any atom is 0.315 e. The van der Waals surface area contributed by atoms with Crippen molar-refractivity contribution in [1.82, 2.24) is 20.6 Å². The first kappa shape index (κ1) is 15.9. The number of aryl methyl sites for hydroxylation is 1. The molecule has 1 heterocycles. The molecule has 0 aliphatic carbocycles. The molecule has 0 bridgehead atoms. The summed E-state index contributed by atoms with van der Waals surface area (Å²) in [5.41, 5.74) is 0.488. The third-order valence-electron chi connectivity index (χ3n) is 3.20. The summed E-state index contributed by atoms with van der Waals surface area (Å²) < 4.78 is 0. The van der Waals surface area contributed by atoms with Gasteiger partial charge in [-0.15, -0.1) is 0 Å². The Labute approximate surface area is 117 Å². The third kappa shape index (κ3) is 4.49. The van der Waals surface area contributed by atoms with Crippen molar-refractivity contribution in [1.29, 1.82) is 0 Å². The van der Waals surface area contributed by atoms with Crippen LogP contribution in [0, 0.1) is 12.3 Å². The summed E-state index contributed by atoms with van der Waals surface area (Å²) in [6, 6.07) is -0.423. The van der Waals surface area contributed by atoms with Crippen molar-refractivity contribution in [2.24, 2.45) is 5.41 Å². The molecule has 110 valence electrons. The maximum absolute atomic E-state index is 11.6. The van der Waals surface area contributed by atoms with Gasteiger partial charge in [-0.25, -0.2) is 4.79 Å². The summed E-state index contributed by atoms with van der Waals surface area (Å²) in [4.78, 5) is 30.9. The molecule has 0 saturated carbocycles. The summed E-state index contributed by atoms with van der Waals surface area (Å²) in [5, 5.41) is 14.3. The molecule has 7 heteroatoms. The second-order valence-corrected chi connectivity index (χ2v) is 4.90. The van der Waals surface area contributed by atoms with Crippen LogP contribution in [0.15, 0.2) is 12.4 Å². The molecule has 1 atom stereocenters. The Balaban J connectivity index is 2.41. The van der Waals surface area contributed by atoms with E-state index >= 15 is 0 Å². The number of carbonyl (C=O) groups is 2. The number of carboxylic acids is 1. The predicted octanol–water partition coefficient (Wildman–Crippen LogP) is 1.09. The fourth-order valence-corrected chi connectivity index (χ4v) is 1.37. The number of amides is 2. The van der Waals surface area contributed by atoms with Gasteiger partial charge < -0.3 is 15.7 Å². The highest BCUT2D eigenvalue weighted by atomic mass is 16.4. The Hall–Kier alpha value is -2.18. The molecule has 1 aromatic rings. The topological polar surface area (TPSA) is 104 Å². The zero-order chi connectivity index (χ0) is 15.2. The van der Waals surface area contributed by atoms with Gasteiger partial charge in [0, 0.05) is 12.7 Å². The molecule has 1 aromatic heterocycles. The lowest BCUT2D eigenvalue weighted by molar-refractivity contribution is -0.147. The van der Waals surface area contributed by atoms with Gasteiger partial charge in [0.25, 0.3) is 0 Å². The summed E-state index contributed by atoms with van der Waals surface area (Å²) in [7, 11) is 0. The molecule has 0 fully saturated rings. The van der Waals surface area contributed by atoms with E-state index in [2.05, 4.69) is 20.6 Å². The lowest BCUT2D eigenvalue weighted by Crippen LogP contribution is -2.44.